The summed E-state index contributed by atoms with van der Waals surface area (Å²) in [5.74, 6) is 0.364. The van der Waals surface area contributed by atoms with Gasteiger partial charge in [-0.15, -0.1) is 0 Å². The molecule has 0 aliphatic carbocycles. The average molecular weight is 269 g/mol. The van der Waals surface area contributed by atoms with Gasteiger partial charge in [0.25, 0.3) is 0 Å². The number of halogens is 1. The van der Waals surface area contributed by atoms with Gasteiger partial charge in [0, 0.05) is 11.6 Å². The Morgan fingerprint density at radius 2 is 2.22 bits per heavy atom. The van der Waals surface area contributed by atoms with E-state index in [1.54, 1.807) is 33.0 Å². The summed E-state index contributed by atoms with van der Waals surface area (Å²) >= 11 is 5.89. The van der Waals surface area contributed by atoms with Crippen LogP contribution in [0.2, 0.25) is 5.15 Å². The number of ether oxygens (including phenoxy) is 1. The number of fused-ring (bicyclic) bond motifs is 1. The van der Waals surface area contributed by atoms with Gasteiger partial charge in [0.1, 0.15) is 11.1 Å². The number of hydrogen-bond acceptors (Lipinski definition) is 4. The number of amides is 1. The topological polar surface area (TPSA) is 79.9 Å². The highest BCUT2D eigenvalue weighted by molar-refractivity contribution is 6.34. The molecular weight excluding hydrogens is 256 g/mol. The van der Waals surface area contributed by atoms with E-state index in [9.17, 15) is 4.79 Å². The van der Waals surface area contributed by atoms with Crippen LogP contribution in [0.3, 0.4) is 0 Å². The molecular formula is C11H13ClN4O2. The number of aromatic amines is 1. The Kier molecular flexibility index (Phi) is 3.13. The molecule has 0 aromatic carbocycles. The van der Waals surface area contributed by atoms with Crippen LogP contribution in [-0.4, -0.2) is 26.9 Å². The lowest BCUT2D eigenvalue weighted by molar-refractivity contribution is 0.0635. The predicted octanol–water partition coefficient (Wildman–Crippen LogP) is 2.96. The Balaban J connectivity index is 2.23. The van der Waals surface area contributed by atoms with Crippen molar-refractivity contribution in [3.63, 3.8) is 0 Å². The lowest BCUT2D eigenvalue weighted by Crippen LogP contribution is -2.27. The summed E-state index contributed by atoms with van der Waals surface area (Å²) in [6, 6.07) is 1.71. The molecule has 0 saturated carbocycles. The molecule has 1 amide bonds. The Labute approximate surface area is 109 Å². The standard InChI is InChI=1S/C11H13ClN4O2/c1-11(2,3)18-10(17)14-9-6-4-5-13-8(12)7(6)15-16-9/h4-5H,1-3H3,(H2,14,15,16,17). The molecule has 0 unspecified atom stereocenters. The SMILES string of the molecule is CC(C)(C)OC(=O)Nc1n[nH]c2c(Cl)nccc12. The van der Waals surface area contributed by atoms with E-state index < -0.39 is 11.7 Å². The van der Waals surface area contributed by atoms with E-state index in [2.05, 4.69) is 20.5 Å². The van der Waals surface area contributed by atoms with Crippen LogP contribution in [0, 0.1) is 0 Å². The number of carbonyl (C=O) groups excluding carboxylic acids is 1. The van der Waals surface area contributed by atoms with E-state index in [-0.39, 0.29) is 0 Å². The fraction of sp³-hybridized carbons (Fsp3) is 0.364. The van der Waals surface area contributed by atoms with E-state index in [1.165, 1.54) is 0 Å². The molecule has 0 fully saturated rings. The molecule has 0 bridgehead atoms. The van der Waals surface area contributed by atoms with E-state index in [4.69, 9.17) is 16.3 Å². The van der Waals surface area contributed by atoms with Crippen LogP contribution in [0.1, 0.15) is 20.8 Å². The van der Waals surface area contributed by atoms with Gasteiger partial charge in [0.2, 0.25) is 0 Å². The van der Waals surface area contributed by atoms with Crippen molar-refractivity contribution in [1.29, 1.82) is 0 Å². The zero-order valence-corrected chi connectivity index (χ0v) is 11.0. The number of aromatic nitrogens is 3. The minimum atomic E-state index is -0.566. The minimum Gasteiger partial charge on any atom is -0.444 e. The Hall–Kier alpha value is -1.82. The van der Waals surface area contributed by atoms with Gasteiger partial charge in [0.15, 0.2) is 11.0 Å². The maximum atomic E-state index is 11.6. The molecule has 0 aliphatic rings. The molecule has 18 heavy (non-hydrogen) atoms. The fourth-order valence-electron chi connectivity index (χ4n) is 1.41. The van der Waals surface area contributed by atoms with Gasteiger partial charge < -0.3 is 4.74 Å². The third kappa shape index (κ3) is 2.70. The van der Waals surface area contributed by atoms with Gasteiger partial charge in [-0.25, -0.2) is 9.78 Å². The first kappa shape index (κ1) is 12.6. The third-order valence-electron chi connectivity index (χ3n) is 2.06. The minimum absolute atomic E-state index is 0.303. The van der Waals surface area contributed by atoms with Crippen molar-refractivity contribution < 1.29 is 9.53 Å². The number of rotatable bonds is 1. The summed E-state index contributed by atoms with van der Waals surface area (Å²) in [6.45, 7) is 5.36. The molecule has 2 aromatic rings. The second kappa shape index (κ2) is 4.45. The molecule has 6 nitrogen and oxygen atoms in total. The summed E-state index contributed by atoms with van der Waals surface area (Å²) < 4.78 is 5.14. The summed E-state index contributed by atoms with van der Waals surface area (Å²) in [4.78, 5) is 15.5. The zero-order chi connectivity index (χ0) is 13.3. The van der Waals surface area contributed by atoms with Crippen LogP contribution >= 0.6 is 11.6 Å². The number of nitrogens with zero attached hydrogens (tertiary/aromatic N) is 2. The van der Waals surface area contributed by atoms with Crippen LogP contribution in [0.5, 0.6) is 0 Å². The van der Waals surface area contributed by atoms with Crippen molar-refractivity contribution in [2.45, 2.75) is 26.4 Å². The quantitative estimate of drug-likeness (QED) is 0.779. The molecule has 2 aromatic heterocycles. The van der Waals surface area contributed by atoms with Crippen molar-refractivity contribution in [2.24, 2.45) is 0 Å². The van der Waals surface area contributed by atoms with Crippen molar-refractivity contribution in [3.8, 4) is 0 Å². The van der Waals surface area contributed by atoms with E-state index in [0.29, 0.717) is 21.9 Å². The fourth-order valence-corrected chi connectivity index (χ4v) is 1.61. The first-order chi connectivity index (χ1) is 8.37. The van der Waals surface area contributed by atoms with Gasteiger partial charge in [-0.1, -0.05) is 11.6 Å². The molecule has 96 valence electrons. The number of anilines is 1. The summed E-state index contributed by atoms with van der Waals surface area (Å²) in [5, 5.41) is 10.2. The van der Waals surface area contributed by atoms with Crippen LogP contribution in [0.4, 0.5) is 10.6 Å². The number of nitrogens with one attached hydrogen (secondary N) is 2. The maximum absolute atomic E-state index is 11.6. The third-order valence-corrected chi connectivity index (χ3v) is 2.35. The largest absolute Gasteiger partial charge is 0.444 e. The molecule has 0 radical (unpaired) electrons. The van der Waals surface area contributed by atoms with Gasteiger partial charge >= 0.3 is 6.09 Å². The Morgan fingerprint density at radius 1 is 1.50 bits per heavy atom. The first-order valence-electron chi connectivity index (χ1n) is 5.35. The van der Waals surface area contributed by atoms with E-state index in [0.717, 1.165) is 0 Å². The highest BCUT2D eigenvalue weighted by atomic mass is 35.5. The summed E-state index contributed by atoms with van der Waals surface area (Å²) in [7, 11) is 0. The van der Waals surface area contributed by atoms with E-state index >= 15 is 0 Å². The second-order valence-electron chi connectivity index (χ2n) is 4.72. The summed E-state index contributed by atoms with van der Waals surface area (Å²) in [5.41, 5.74) is 0.0142. The highest BCUT2D eigenvalue weighted by Crippen LogP contribution is 2.24. The predicted molar refractivity (Wildman–Crippen MR) is 68.8 cm³/mol. The molecule has 0 spiro atoms. The van der Waals surface area contributed by atoms with Gasteiger partial charge in [-0.3, -0.25) is 10.4 Å². The van der Waals surface area contributed by atoms with Crippen LogP contribution in [0.15, 0.2) is 12.3 Å². The lowest BCUT2D eigenvalue weighted by Gasteiger charge is -2.19. The highest BCUT2D eigenvalue weighted by Gasteiger charge is 2.18. The Morgan fingerprint density at radius 3 is 2.89 bits per heavy atom. The number of pyridine rings is 1. The zero-order valence-electron chi connectivity index (χ0n) is 10.2. The monoisotopic (exact) mass is 268 g/mol. The molecule has 7 heteroatoms. The average Bonchev–Trinajstić information content (AvgIpc) is 2.60. The number of H-pyrrole nitrogens is 1. The molecule has 2 N–H and O–H groups in total. The van der Waals surface area contributed by atoms with Gasteiger partial charge in [0.05, 0.1) is 0 Å². The lowest BCUT2D eigenvalue weighted by atomic mass is 10.2. The first-order valence-corrected chi connectivity index (χ1v) is 5.73. The van der Waals surface area contributed by atoms with Gasteiger partial charge in [-0.05, 0) is 26.8 Å². The molecule has 0 atom stereocenters. The van der Waals surface area contributed by atoms with Crippen LogP contribution < -0.4 is 5.32 Å². The molecule has 2 rings (SSSR count). The van der Waals surface area contributed by atoms with E-state index in [1.807, 2.05) is 0 Å². The maximum Gasteiger partial charge on any atom is 0.413 e. The molecule has 0 saturated heterocycles. The number of carbonyl (C=O) groups is 1. The summed E-state index contributed by atoms with van der Waals surface area (Å²) in [6.07, 6.45) is 0.976. The Bertz CT molecular complexity index is 588. The van der Waals surface area contributed by atoms with Crippen LogP contribution in [0.25, 0.3) is 10.9 Å². The normalized spacial score (nSPS) is 11.6. The van der Waals surface area contributed by atoms with Crippen molar-refractivity contribution in [1.82, 2.24) is 15.2 Å². The van der Waals surface area contributed by atoms with Crippen molar-refractivity contribution in [2.75, 3.05) is 5.32 Å². The van der Waals surface area contributed by atoms with Gasteiger partial charge in [-0.2, -0.15) is 5.10 Å². The number of hydrogen-bond donors (Lipinski definition) is 2. The molecule has 0 aliphatic heterocycles. The van der Waals surface area contributed by atoms with Crippen molar-refractivity contribution >= 4 is 34.4 Å². The second-order valence-corrected chi connectivity index (χ2v) is 5.08. The molecule has 2 heterocycles. The smallest absolute Gasteiger partial charge is 0.413 e. The van der Waals surface area contributed by atoms with Crippen LogP contribution in [-0.2, 0) is 4.74 Å². The van der Waals surface area contributed by atoms with Crippen molar-refractivity contribution in [3.05, 3.63) is 17.4 Å².